The first-order chi connectivity index (χ1) is 14.3. The molecule has 8 heteroatoms. The molecular formula is C22H25FN2O5. The lowest BCUT2D eigenvalue weighted by molar-refractivity contribution is -0.145. The van der Waals surface area contributed by atoms with Gasteiger partial charge >= 0.3 is 5.97 Å². The van der Waals surface area contributed by atoms with E-state index in [1.807, 2.05) is 0 Å². The van der Waals surface area contributed by atoms with Gasteiger partial charge in [0.05, 0.1) is 14.2 Å². The van der Waals surface area contributed by atoms with Gasteiger partial charge in [-0.1, -0.05) is 24.3 Å². The zero-order chi connectivity index (χ0) is 22.1. The van der Waals surface area contributed by atoms with Gasteiger partial charge in [0.1, 0.15) is 23.7 Å². The van der Waals surface area contributed by atoms with Crippen LogP contribution in [0.2, 0.25) is 0 Å². The van der Waals surface area contributed by atoms with E-state index >= 15 is 0 Å². The average Bonchev–Trinajstić information content (AvgIpc) is 2.73. The Morgan fingerprint density at radius 2 is 1.40 bits per heavy atom. The Balaban J connectivity index is 2.14. The molecule has 2 atom stereocenters. The van der Waals surface area contributed by atoms with Crippen molar-refractivity contribution in [3.8, 4) is 5.75 Å². The smallest absolute Gasteiger partial charge is 0.328 e. The molecule has 7 nitrogen and oxygen atoms in total. The molecule has 0 radical (unpaired) electrons. The topological polar surface area (TPSA) is 93.7 Å². The van der Waals surface area contributed by atoms with E-state index in [0.29, 0.717) is 11.3 Å². The number of esters is 1. The molecule has 160 valence electrons. The van der Waals surface area contributed by atoms with E-state index in [9.17, 15) is 18.8 Å². The number of nitrogens with one attached hydrogen (secondary N) is 2. The number of halogens is 1. The van der Waals surface area contributed by atoms with Gasteiger partial charge in [0, 0.05) is 19.8 Å². The van der Waals surface area contributed by atoms with Crippen molar-refractivity contribution in [3.05, 3.63) is 65.5 Å². The Morgan fingerprint density at radius 3 is 1.90 bits per heavy atom. The van der Waals surface area contributed by atoms with Gasteiger partial charge in [0.2, 0.25) is 11.8 Å². The van der Waals surface area contributed by atoms with E-state index < -0.39 is 35.7 Å². The molecule has 2 aromatic rings. The lowest BCUT2D eigenvalue weighted by Crippen LogP contribution is -2.53. The van der Waals surface area contributed by atoms with E-state index in [1.54, 1.807) is 31.4 Å². The number of hydrogen-bond donors (Lipinski definition) is 2. The quantitative estimate of drug-likeness (QED) is 0.608. The van der Waals surface area contributed by atoms with Gasteiger partial charge in [0.25, 0.3) is 0 Å². The van der Waals surface area contributed by atoms with Crippen LogP contribution in [0.15, 0.2) is 48.5 Å². The molecule has 2 rings (SSSR count). The average molecular weight is 416 g/mol. The zero-order valence-electron chi connectivity index (χ0n) is 17.1. The Bertz CT molecular complexity index is 868. The molecule has 0 fully saturated rings. The van der Waals surface area contributed by atoms with Crippen molar-refractivity contribution in [3.63, 3.8) is 0 Å². The third kappa shape index (κ3) is 6.88. The minimum atomic E-state index is -0.944. The van der Waals surface area contributed by atoms with Crippen LogP contribution in [0.1, 0.15) is 18.1 Å². The molecule has 0 unspecified atom stereocenters. The standard InChI is InChI=1S/C22H25FN2O5/c1-14(26)24-19(12-15-4-8-17(23)9-5-15)21(27)25-20(22(28)30-3)13-16-6-10-18(29-2)11-7-16/h4-11,19-20H,12-13H2,1-3H3,(H,24,26)(H,25,27)/t19-,20+/m1/s1. The minimum Gasteiger partial charge on any atom is -0.497 e. The highest BCUT2D eigenvalue weighted by atomic mass is 19.1. The van der Waals surface area contributed by atoms with Crippen LogP contribution < -0.4 is 15.4 Å². The molecule has 30 heavy (non-hydrogen) atoms. The van der Waals surface area contributed by atoms with E-state index in [-0.39, 0.29) is 12.8 Å². The van der Waals surface area contributed by atoms with Crippen LogP contribution in [-0.2, 0) is 32.0 Å². The number of rotatable bonds is 9. The molecule has 2 N–H and O–H groups in total. The molecule has 0 spiro atoms. The number of methoxy groups -OCH3 is 2. The molecule has 0 bridgehead atoms. The second-order valence-electron chi connectivity index (χ2n) is 6.72. The molecule has 0 aliphatic carbocycles. The van der Waals surface area contributed by atoms with Crippen LogP contribution in [0, 0.1) is 5.82 Å². The highest BCUT2D eigenvalue weighted by molar-refractivity contribution is 5.90. The van der Waals surface area contributed by atoms with E-state index in [2.05, 4.69) is 10.6 Å². The lowest BCUT2D eigenvalue weighted by Gasteiger charge is -2.22. The Kier molecular flexibility index (Phi) is 8.34. The first-order valence-electron chi connectivity index (χ1n) is 9.35. The zero-order valence-corrected chi connectivity index (χ0v) is 17.1. The molecule has 0 aromatic heterocycles. The number of hydrogen-bond acceptors (Lipinski definition) is 5. The first-order valence-corrected chi connectivity index (χ1v) is 9.35. The van der Waals surface area contributed by atoms with Crippen LogP contribution in [0.4, 0.5) is 4.39 Å². The predicted octanol–water partition coefficient (Wildman–Crippen LogP) is 1.78. The largest absolute Gasteiger partial charge is 0.497 e. The van der Waals surface area contributed by atoms with E-state index in [1.165, 1.54) is 38.3 Å². The molecule has 0 aliphatic rings. The Morgan fingerprint density at radius 1 is 0.867 bits per heavy atom. The van der Waals surface area contributed by atoms with E-state index in [0.717, 1.165) is 5.56 Å². The summed E-state index contributed by atoms with van der Waals surface area (Å²) in [6, 6.07) is 10.8. The molecule has 2 amide bonds. The van der Waals surface area contributed by atoms with Gasteiger partial charge in [-0.25, -0.2) is 9.18 Å². The van der Waals surface area contributed by atoms with Gasteiger partial charge < -0.3 is 20.1 Å². The van der Waals surface area contributed by atoms with Crippen LogP contribution in [0.25, 0.3) is 0 Å². The van der Waals surface area contributed by atoms with Crippen LogP contribution in [0.5, 0.6) is 5.75 Å². The fraction of sp³-hybridized carbons (Fsp3) is 0.318. The number of carbonyl (C=O) groups is 3. The number of carbonyl (C=O) groups excluding carboxylic acids is 3. The van der Waals surface area contributed by atoms with Crippen molar-refractivity contribution in [2.24, 2.45) is 0 Å². The van der Waals surface area contributed by atoms with Gasteiger partial charge in [-0.2, -0.15) is 0 Å². The molecule has 0 aliphatic heterocycles. The summed E-state index contributed by atoms with van der Waals surface area (Å²) in [4.78, 5) is 36.6. The highest BCUT2D eigenvalue weighted by Gasteiger charge is 2.27. The van der Waals surface area contributed by atoms with Crippen LogP contribution >= 0.6 is 0 Å². The fourth-order valence-electron chi connectivity index (χ4n) is 2.92. The third-order valence-electron chi connectivity index (χ3n) is 4.45. The maximum absolute atomic E-state index is 13.1. The van der Waals surface area contributed by atoms with Crippen molar-refractivity contribution >= 4 is 17.8 Å². The van der Waals surface area contributed by atoms with Crippen LogP contribution in [-0.4, -0.2) is 44.1 Å². The van der Waals surface area contributed by atoms with Crippen molar-refractivity contribution < 1.29 is 28.2 Å². The summed E-state index contributed by atoms with van der Waals surface area (Å²) in [6.07, 6.45) is 0.341. The number of amides is 2. The SMILES string of the molecule is COC(=O)[C@H](Cc1ccc(OC)cc1)NC(=O)[C@@H](Cc1ccc(F)cc1)NC(C)=O. The third-order valence-corrected chi connectivity index (χ3v) is 4.45. The second-order valence-corrected chi connectivity index (χ2v) is 6.72. The Hall–Kier alpha value is -3.42. The number of benzene rings is 2. The summed E-state index contributed by atoms with van der Waals surface area (Å²) < 4.78 is 23.1. The van der Waals surface area contributed by atoms with Crippen LogP contribution in [0.3, 0.4) is 0 Å². The summed E-state index contributed by atoms with van der Waals surface area (Å²) >= 11 is 0. The Labute approximate surface area is 174 Å². The van der Waals surface area contributed by atoms with E-state index in [4.69, 9.17) is 9.47 Å². The molecular weight excluding hydrogens is 391 g/mol. The van der Waals surface area contributed by atoms with Crippen molar-refractivity contribution in [1.29, 1.82) is 0 Å². The summed E-state index contributed by atoms with van der Waals surface area (Å²) in [5, 5.41) is 5.22. The highest BCUT2D eigenvalue weighted by Crippen LogP contribution is 2.13. The molecule has 0 heterocycles. The van der Waals surface area contributed by atoms with Crippen molar-refractivity contribution in [2.75, 3.05) is 14.2 Å². The maximum atomic E-state index is 13.1. The maximum Gasteiger partial charge on any atom is 0.328 e. The summed E-state index contributed by atoms with van der Waals surface area (Å²) in [6.45, 7) is 1.29. The molecule has 0 saturated heterocycles. The molecule has 0 saturated carbocycles. The normalized spacial score (nSPS) is 12.4. The lowest BCUT2D eigenvalue weighted by atomic mass is 10.0. The fourth-order valence-corrected chi connectivity index (χ4v) is 2.92. The number of ether oxygens (including phenoxy) is 2. The van der Waals surface area contributed by atoms with Crippen molar-refractivity contribution in [2.45, 2.75) is 31.8 Å². The second kappa shape index (κ2) is 10.9. The summed E-state index contributed by atoms with van der Waals surface area (Å²) in [5.74, 6) is -1.28. The minimum absolute atomic E-state index is 0.141. The van der Waals surface area contributed by atoms with Gasteiger partial charge in [0.15, 0.2) is 0 Å². The monoisotopic (exact) mass is 416 g/mol. The first kappa shape index (κ1) is 22.9. The van der Waals surface area contributed by atoms with Gasteiger partial charge in [-0.3, -0.25) is 9.59 Å². The van der Waals surface area contributed by atoms with Crippen molar-refractivity contribution in [1.82, 2.24) is 10.6 Å². The van der Waals surface area contributed by atoms with Gasteiger partial charge in [-0.15, -0.1) is 0 Å². The summed E-state index contributed by atoms with van der Waals surface area (Å²) in [5.41, 5.74) is 1.45. The molecule has 2 aromatic carbocycles. The summed E-state index contributed by atoms with van der Waals surface area (Å²) in [7, 11) is 2.79. The van der Waals surface area contributed by atoms with Gasteiger partial charge in [-0.05, 0) is 35.4 Å². The predicted molar refractivity (Wildman–Crippen MR) is 108 cm³/mol.